The maximum atomic E-state index is 13.4. The normalized spacial score (nSPS) is 15.4. The summed E-state index contributed by atoms with van der Waals surface area (Å²) >= 11 is 0. The number of ether oxygens (including phenoxy) is 1. The van der Waals surface area contributed by atoms with E-state index in [4.69, 9.17) is 4.74 Å². The first-order chi connectivity index (χ1) is 15.5. The Balaban J connectivity index is 1.53. The summed E-state index contributed by atoms with van der Waals surface area (Å²) in [5.41, 5.74) is 3.87. The predicted octanol–water partition coefficient (Wildman–Crippen LogP) is 3.35. The number of fused-ring (bicyclic) bond motifs is 1. The molecular weight excluding hydrogens is 411 g/mol. The van der Waals surface area contributed by atoms with E-state index in [1.165, 1.54) is 16.8 Å². The van der Waals surface area contributed by atoms with Crippen molar-refractivity contribution in [3.05, 3.63) is 87.9 Å². The number of aromatic nitrogens is 5. The van der Waals surface area contributed by atoms with Crippen LogP contribution >= 0.6 is 0 Å². The Morgan fingerprint density at radius 3 is 2.75 bits per heavy atom. The SMILES string of the molecule is Cc1ccc(-c2ccnn(C)c2=O)cc1Nc1nnc2n1C(c1ccc(F)cc1)COC2. The van der Waals surface area contributed by atoms with Crippen molar-refractivity contribution >= 4 is 11.6 Å². The second-order valence-electron chi connectivity index (χ2n) is 7.72. The van der Waals surface area contributed by atoms with Crippen LogP contribution in [0.25, 0.3) is 11.1 Å². The zero-order valence-electron chi connectivity index (χ0n) is 17.6. The average molecular weight is 432 g/mol. The Bertz CT molecular complexity index is 1350. The van der Waals surface area contributed by atoms with Crippen LogP contribution in [0, 0.1) is 12.7 Å². The molecule has 0 bridgehead atoms. The van der Waals surface area contributed by atoms with Crippen LogP contribution in [0.3, 0.4) is 0 Å². The van der Waals surface area contributed by atoms with Crippen molar-refractivity contribution < 1.29 is 9.13 Å². The van der Waals surface area contributed by atoms with E-state index in [9.17, 15) is 9.18 Å². The van der Waals surface area contributed by atoms with Crippen molar-refractivity contribution in [1.29, 1.82) is 0 Å². The molecule has 9 heteroatoms. The van der Waals surface area contributed by atoms with E-state index in [0.717, 1.165) is 22.4 Å². The Kier molecular flexibility index (Phi) is 5.02. The number of rotatable bonds is 4. The molecule has 0 spiro atoms. The zero-order valence-corrected chi connectivity index (χ0v) is 17.6. The molecule has 1 aliphatic heterocycles. The van der Waals surface area contributed by atoms with Gasteiger partial charge in [-0.05, 0) is 47.9 Å². The third-order valence-corrected chi connectivity index (χ3v) is 5.64. The zero-order chi connectivity index (χ0) is 22.2. The summed E-state index contributed by atoms with van der Waals surface area (Å²) in [6, 6.07) is 13.6. The van der Waals surface area contributed by atoms with Crippen molar-refractivity contribution in [3.8, 4) is 11.1 Å². The van der Waals surface area contributed by atoms with Crippen LogP contribution in [-0.4, -0.2) is 31.2 Å². The number of benzene rings is 2. The summed E-state index contributed by atoms with van der Waals surface area (Å²) in [6.45, 7) is 2.75. The van der Waals surface area contributed by atoms with Crippen LogP contribution in [0.1, 0.15) is 23.0 Å². The molecule has 0 fully saturated rings. The topological polar surface area (TPSA) is 86.9 Å². The van der Waals surface area contributed by atoms with Crippen LogP contribution in [0.4, 0.5) is 16.0 Å². The minimum atomic E-state index is -0.289. The lowest BCUT2D eigenvalue weighted by molar-refractivity contribution is 0.0670. The van der Waals surface area contributed by atoms with Gasteiger partial charge in [-0.25, -0.2) is 9.07 Å². The first-order valence-corrected chi connectivity index (χ1v) is 10.2. The van der Waals surface area contributed by atoms with Gasteiger partial charge in [0.2, 0.25) is 5.95 Å². The molecule has 0 saturated carbocycles. The number of nitrogens with zero attached hydrogens (tertiary/aromatic N) is 5. The molecule has 8 nitrogen and oxygen atoms in total. The van der Waals surface area contributed by atoms with Crippen LogP contribution < -0.4 is 10.9 Å². The van der Waals surface area contributed by atoms with Gasteiger partial charge >= 0.3 is 0 Å². The molecule has 0 radical (unpaired) electrons. The molecule has 0 aliphatic carbocycles. The fourth-order valence-corrected chi connectivity index (χ4v) is 3.87. The summed E-state index contributed by atoms with van der Waals surface area (Å²) in [5, 5.41) is 16.0. The predicted molar refractivity (Wildman–Crippen MR) is 117 cm³/mol. The van der Waals surface area contributed by atoms with Gasteiger partial charge < -0.3 is 10.1 Å². The highest BCUT2D eigenvalue weighted by Gasteiger charge is 2.27. The average Bonchev–Trinajstić information content (AvgIpc) is 3.21. The smallest absolute Gasteiger partial charge is 0.274 e. The minimum absolute atomic E-state index is 0.171. The molecule has 3 heterocycles. The number of hydrogen-bond acceptors (Lipinski definition) is 6. The molecule has 1 atom stereocenters. The molecule has 5 rings (SSSR count). The Labute approximate surface area is 183 Å². The summed E-state index contributed by atoms with van der Waals surface area (Å²) in [4.78, 5) is 12.5. The molecule has 32 heavy (non-hydrogen) atoms. The molecular formula is C23H21FN6O2. The van der Waals surface area contributed by atoms with Gasteiger partial charge in [-0.1, -0.05) is 24.3 Å². The number of halogens is 1. The van der Waals surface area contributed by atoms with E-state index in [1.807, 2.05) is 29.7 Å². The third-order valence-electron chi connectivity index (χ3n) is 5.64. The fraction of sp³-hybridized carbons (Fsp3) is 0.217. The summed E-state index contributed by atoms with van der Waals surface area (Å²) in [7, 11) is 1.62. The highest BCUT2D eigenvalue weighted by atomic mass is 19.1. The lowest BCUT2D eigenvalue weighted by atomic mass is 10.0. The van der Waals surface area contributed by atoms with E-state index in [-0.39, 0.29) is 17.4 Å². The van der Waals surface area contributed by atoms with Crippen molar-refractivity contribution in [2.75, 3.05) is 11.9 Å². The number of anilines is 2. The molecule has 1 unspecified atom stereocenters. The summed E-state index contributed by atoms with van der Waals surface area (Å²) < 4.78 is 22.4. The lowest BCUT2D eigenvalue weighted by Crippen LogP contribution is -2.25. The van der Waals surface area contributed by atoms with Crippen molar-refractivity contribution in [2.24, 2.45) is 7.05 Å². The van der Waals surface area contributed by atoms with Crippen LogP contribution in [0.5, 0.6) is 0 Å². The van der Waals surface area contributed by atoms with Gasteiger partial charge in [0, 0.05) is 18.9 Å². The first kappa shape index (κ1) is 20.1. The van der Waals surface area contributed by atoms with E-state index < -0.39 is 0 Å². The minimum Gasteiger partial charge on any atom is -0.371 e. The van der Waals surface area contributed by atoms with Crippen LogP contribution in [0.15, 0.2) is 59.5 Å². The van der Waals surface area contributed by atoms with Gasteiger partial charge in [0.25, 0.3) is 5.56 Å². The largest absolute Gasteiger partial charge is 0.371 e. The Hall–Kier alpha value is -3.85. The van der Waals surface area contributed by atoms with E-state index in [1.54, 1.807) is 31.4 Å². The number of aryl methyl sites for hydroxylation is 2. The van der Waals surface area contributed by atoms with E-state index >= 15 is 0 Å². The monoisotopic (exact) mass is 432 g/mol. The van der Waals surface area contributed by atoms with Gasteiger partial charge in [0.1, 0.15) is 12.4 Å². The third kappa shape index (κ3) is 3.56. The number of hydrogen-bond donors (Lipinski definition) is 1. The second kappa shape index (κ2) is 8.01. The van der Waals surface area contributed by atoms with Gasteiger partial charge in [0.15, 0.2) is 5.82 Å². The van der Waals surface area contributed by atoms with E-state index in [2.05, 4.69) is 20.6 Å². The molecule has 2 aromatic heterocycles. The Morgan fingerprint density at radius 2 is 1.94 bits per heavy atom. The standard InChI is InChI=1S/C23H21FN6O2/c1-14-3-4-16(18-9-10-25-29(2)22(18)31)11-19(14)26-23-28-27-21-13-32-12-20(30(21)23)15-5-7-17(24)8-6-15/h3-11,20H,12-13H2,1-2H3,(H,26,28). The molecule has 0 saturated heterocycles. The highest BCUT2D eigenvalue weighted by molar-refractivity contribution is 5.71. The van der Waals surface area contributed by atoms with E-state index in [0.29, 0.717) is 30.5 Å². The van der Waals surface area contributed by atoms with Crippen molar-refractivity contribution in [2.45, 2.75) is 19.6 Å². The molecule has 2 aromatic carbocycles. The molecule has 1 aliphatic rings. The van der Waals surface area contributed by atoms with Gasteiger partial charge in [-0.2, -0.15) is 5.10 Å². The van der Waals surface area contributed by atoms with Gasteiger partial charge in [-0.15, -0.1) is 10.2 Å². The van der Waals surface area contributed by atoms with Gasteiger partial charge in [-0.3, -0.25) is 9.36 Å². The van der Waals surface area contributed by atoms with Crippen LogP contribution in [-0.2, 0) is 18.4 Å². The number of nitrogens with one attached hydrogen (secondary N) is 1. The maximum Gasteiger partial charge on any atom is 0.274 e. The highest BCUT2D eigenvalue weighted by Crippen LogP contribution is 2.31. The molecule has 4 aromatic rings. The van der Waals surface area contributed by atoms with Crippen molar-refractivity contribution in [1.82, 2.24) is 24.5 Å². The summed E-state index contributed by atoms with van der Waals surface area (Å²) in [5.74, 6) is 0.952. The van der Waals surface area contributed by atoms with Crippen molar-refractivity contribution in [3.63, 3.8) is 0 Å². The first-order valence-electron chi connectivity index (χ1n) is 10.2. The molecule has 1 N–H and O–H groups in total. The van der Waals surface area contributed by atoms with Crippen LogP contribution in [0.2, 0.25) is 0 Å². The quantitative estimate of drug-likeness (QED) is 0.532. The Morgan fingerprint density at radius 1 is 1.12 bits per heavy atom. The molecule has 162 valence electrons. The maximum absolute atomic E-state index is 13.4. The summed E-state index contributed by atoms with van der Waals surface area (Å²) in [6.07, 6.45) is 1.60. The fourth-order valence-electron chi connectivity index (χ4n) is 3.87. The lowest BCUT2D eigenvalue weighted by Gasteiger charge is -2.27. The second-order valence-corrected chi connectivity index (χ2v) is 7.72. The molecule has 0 amide bonds. The van der Waals surface area contributed by atoms with Gasteiger partial charge in [0.05, 0.1) is 18.2 Å².